The molecule has 2 unspecified atom stereocenters. The van der Waals surface area contributed by atoms with Gasteiger partial charge in [0.05, 0.1) is 0 Å². The van der Waals surface area contributed by atoms with Gasteiger partial charge < -0.3 is 15.4 Å². The van der Waals surface area contributed by atoms with Gasteiger partial charge in [-0.2, -0.15) is 0 Å². The molecule has 2 atom stereocenters. The number of nitrogens with zero attached hydrogens (tertiary/aromatic N) is 2. The van der Waals surface area contributed by atoms with Crippen molar-refractivity contribution in [2.45, 2.75) is 65.1 Å². The number of hydrogen-bond donors (Lipinski definition) is 2. The third-order valence-corrected chi connectivity index (χ3v) is 6.31. The number of rotatable bonds is 8. The first-order chi connectivity index (χ1) is 17.5. The van der Waals surface area contributed by atoms with Crippen LogP contribution >= 0.6 is 0 Å². The number of ether oxygens (including phenoxy) is 1. The summed E-state index contributed by atoms with van der Waals surface area (Å²) in [6.45, 7) is 11.4. The molecule has 1 aromatic heterocycles. The van der Waals surface area contributed by atoms with Gasteiger partial charge in [0.1, 0.15) is 17.5 Å². The Hall–Kier alpha value is -3.88. The summed E-state index contributed by atoms with van der Waals surface area (Å²) >= 11 is 0. The van der Waals surface area contributed by atoms with E-state index in [-0.39, 0.29) is 23.9 Å². The van der Waals surface area contributed by atoms with Gasteiger partial charge in [0.2, 0.25) is 12.3 Å². The SMILES string of the molecule is C=C(NC=O)C1CCN(C(=O)OC(C)(C)C)C(n2c(C)ccc(NC(=O)CCc3ccccc3)c2=O)C1. The summed E-state index contributed by atoms with van der Waals surface area (Å²) < 4.78 is 7.14. The summed E-state index contributed by atoms with van der Waals surface area (Å²) in [5, 5.41) is 5.35. The molecule has 9 heteroatoms. The Bertz CT molecular complexity index is 1200. The minimum Gasteiger partial charge on any atom is -0.444 e. The lowest BCUT2D eigenvalue weighted by molar-refractivity contribution is -0.116. The van der Waals surface area contributed by atoms with Gasteiger partial charge in [0.15, 0.2) is 0 Å². The molecule has 3 amide bonds. The smallest absolute Gasteiger partial charge is 0.411 e. The van der Waals surface area contributed by atoms with Crippen molar-refractivity contribution in [1.29, 1.82) is 0 Å². The molecule has 2 heterocycles. The van der Waals surface area contributed by atoms with E-state index in [0.29, 0.717) is 43.6 Å². The van der Waals surface area contributed by atoms with Crippen LogP contribution in [0.4, 0.5) is 10.5 Å². The number of aryl methyl sites for hydroxylation is 2. The Balaban J connectivity index is 1.89. The van der Waals surface area contributed by atoms with Crippen LogP contribution in [-0.4, -0.2) is 40.0 Å². The minimum absolute atomic E-state index is 0.139. The molecule has 0 bridgehead atoms. The fourth-order valence-corrected chi connectivity index (χ4v) is 4.46. The number of piperidine rings is 1. The first kappa shape index (κ1) is 27.7. The van der Waals surface area contributed by atoms with Gasteiger partial charge in [-0.25, -0.2) is 4.79 Å². The summed E-state index contributed by atoms with van der Waals surface area (Å²) in [5.41, 5.74) is 1.20. The second-order valence-electron chi connectivity index (χ2n) is 10.3. The molecule has 1 saturated heterocycles. The maximum Gasteiger partial charge on any atom is 0.411 e. The van der Waals surface area contributed by atoms with Gasteiger partial charge in [-0.3, -0.25) is 23.9 Å². The van der Waals surface area contributed by atoms with E-state index in [1.54, 1.807) is 39.8 Å². The highest BCUT2D eigenvalue weighted by atomic mass is 16.6. The van der Waals surface area contributed by atoms with E-state index >= 15 is 0 Å². The topological polar surface area (TPSA) is 110 Å². The van der Waals surface area contributed by atoms with Crippen LogP contribution in [0.1, 0.15) is 57.5 Å². The Labute approximate surface area is 217 Å². The number of carbonyl (C=O) groups is 3. The van der Waals surface area contributed by atoms with E-state index in [1.165, 1.54) is 9.47 Å². The number of benzene rings is 1. The zero-order chi connectivity index (χ0) is 27.2. The molecule has 198 valence electrons. The molecule has 0 aliphatic carbocycles. The van der Waals surface area contributed by atoms with Gasteiger partial charge in [-0.05, 0) is 64.7 Å². The molecule has 1 fully saturated rings. The van der Waals surface area contributed by atoms with Crippen molar-refractivity contribution >= 4 is 24.1 Å². The third-order valence-electron chi connectivity index (χ3n) is 6.31. The summed E-state index contributed by atoms with van der Waals surface area (Å²) in [7, 11) is 0. The van der Waals surface area contributed by atoms with Crippen molar-refractivity contribution < 1.29 is 19.1 Å². The first-order valence-corrected chi connectivity index (χ1v) is 12.4. The first-order valence-electron chi connectivity index (χ1n) is 12.4. The van der Waals surface area contributed by atoms with Crippen molar-refractivity contribution in [2.75, 3.05) is 11.9 Å². The lowest BCUT2D eigenvalue weighted by atomic mass is 9.91. The number of anilines is 1. The van der Waals surface area contributed by atoms with Crippen LogP contribution in [0.15, 0.2) is 59.5 Å². The van der Waals surface area contributed by atoms with Crippen LogP contribution in [0, 0.1) is 12.8 Å². The highest BCUT2D eigenvalue weighted by Gasteiger charge is 2.37. The van der Waals surface area contributed by atoms with E-state index in [9.17, 15) is 19.2 Å². The van der Waals surface area contributed by atoms with Crippen LogP contribution in [0.25, 0.3) is 0 Å². The summed E-state index contributed by atoms with van der Waals surface area (Å²) in [6, 6.07) is 13.0. The van der Waals surface area contributed by atoms with Crippen molar-refractivity contribution in [3.63, 3.8) is 0 Å². The molecule has 0 radical (unpaired) electrons. The van der Waals surface area contributed by atoms with E-state index in [4.69, 9.17) is 4.74 Å². The van der Waals surface area contributed by atoms with Crippen LogP contribution < -0.4 is 16.2 Å². The fraction of sp³-hybridized carbons (Fsp3) is 0.429. The normalized spacial score (nSPS) is 17.6. The molecule has 0 spiro atoms. The molecule has 37 heavy (non-hydrogen) atoms. The summed E-state index contributed by atoms with van der Waals surface area (Å²) in [6.07, 6.45) is 1.03. The lowest BCUT2D eigenvalue weighted by Gasteiger charge is -2.41. The number of pyridine rings is 1. The third kappa shape index (κ3) is 7.31. The number of aromatic nitrogens is 1. The zero-order valence-corrected chi connectivity index (χ0v) is 22.0. The number of amides is 3. The average molecular weight is 509 g/mol. The number of carbonyl (C=O) groups excluding carboxylic acids is 3. The lowest BCUT2D eigenvalue weighted by Crippen LogP contribution is -2.49. The van der Waals surface area contributed by atoms with Crippen molar-refractivity contribution in [1.82, 2.24) is 14.8 Å². The Morgan fingerprint density at radius 3 is 2.51 bits per heavy atom. The standard InChI is InChI=1S/C28H36N4O5/c1-19-11-13-23(30-24(34)14-12-21-9-7-6-8-10-21)26(35)32(19)25-17-22(20(2)29-18-33)15-16-31(25)27(36)37-28(3,4)5/h6-11,13,18,22,25H,2,12,14-17H2,1,3-5H3,(H,29,33)(H,30,34). The van der Waals surface area contributed by atoms with Crippen LogP contribution in [0.3, 0.4) is 0 Å². The van der Waals surface area contributed by atoms with Crippen LogP contribution in [0.2, 0.25) is 0 Å². The van der Waals surface area contributed by atoms with Gasteiger partial charge in [-0.15, -0.1) is 0 Å². The maximum atomic E-state index is 13.6. The number of likely N-dealkylation sites (tertiary alicyclic amines) is 1. The van der Waals surface area contributed by atoms with Gasteiger partial charge in [0, 0.05) is 30.3 Å². The molecule has 3 rings (SSSR count). The van der Waals surface area contributed by atoms with E-state index in [2.05, 4.69) is 17.2 Å². The number of hydrogen-bond acceptors (Lipinski definition) is 5. The molecule has 1 aliphatic rings. The molecule has 0 saturated carbocycles. The fourth-order valence-electron chi connectivity index (χ4n) is 4.46. The van der Waals surface area contributed by atoms with E-state index in [1.807, 2.05) is 30.3 Å². The largest absolute Gasteiger partial charge is 0.444 e. The number of allylic oxidation sites excluding steroid dienone is 1. The van der Waals surface area contributed by atoms with E-state index in [0.717, 1.165) is 5.56 Å². The van der Waals surface area contributed by atoms with E-state index < -0.39 is 23.4 Å². The van der Waals surface area contributed by atoms with Crippen molar-refractivity contribution in [2.24, 2.45) is 5.92 Å². The second-order valence-corrected chi connectivity index (χ2v) is 10.3. The average Bonchev–Trinajstić information content (AvgIpc) is 2.84. The minimum atomic E-state index is -0.713. The Kier molecular flexibility index (Phi) is 8.91. The monoisotopic (exact) mass is 508 g/mol. The molecule has 1 aromatic carbocycles. The zero-order valence-electron chi connectivity index (χ0n) is 22.0. The summed E-state index contributed by atoms with van der Waals surface area (Å²) in [4.78, 5) is 51.9. The Morgan fingerprint density at radius 2 is 1.86 bits per heavy atom. The van der Waals surface area contributed by atoms with Gasteiger partial charge in [0.25, 0.3) is 5.56 Å². The van der Waals surface area contributed by atoms with Gasteiger partial charge in [-0.1, -0.05) is 36.9 Å². The predicted octanol–water partition coefficient (Wildman–Crippen LogP) is 4.13. The van der Waals surface area contributed by atoms with Gasteiger partial charge >= 0.3 is 6.09 Å². The molecule has 2 aromatic rings. The highest BCUT2D eigenvalue weighted by Crippen LogP contribution is 2.34. The highest BCUT2D eigenvalue weighted by molar-refractivity contribution is 5.90. The number of nitrogens with one attached hydrogen (secondary N) is 2. The molecule has 2 N–H and O–H groups in total. The Morgan fingerprint density at radius 1 is 1.16 bits per heavy atom. The van der Waals surface area contributed by atoms with Crippen LogP contribution in [0.5, 0.6) is 0 Å². The van der Waals surface area contributed by atoms with Crippen LogP contribution in [-0.2, 0) is 20.7 Å². The second kappa shape index (κ2) is 11.9. The quantitative estimate of drug-likeness (QED) is 0.521. The van der Waals surface area contributed by atoms with Crippen molar-refractivity contribution in [3.05, 3.63) is 76.4 Å². The molecule has 1 aliphatic heterocycles. The summed E-state index contributed by atoms with van der Waals surface area (Å²) in [5.74, 6) is -0.422. The molecular weight excluding hydrogens is 472 g/mol. The molecule has 9 nitrogen and oxygen atoms in total. The predicted molar refractivity (Wildman–Crippen MR) is 142 cm³/mol. The molecular formula is C28H36N4O5. The van der Waals surface area contributed by atoms with Crippen molar-refractivity contribution in [3.8, 4) is 0 Å². The maximum absolute atomic E-state index is 13.6.